The van der Waals surface area contributed by atoms with Gasteiger partial charge in [-0.1, -0.05) is 0 Å². The Morgan fingerprint density at radius 3 is 2.53 bits per heavy atom. The summed E-state index contributed by atoms with van der Waals surface area (Å²) in [5.74, 6) is -1.15. The summed E-state index contributed by atoms with van der Waals surface area (Å²) in [5, 5.41) is 0. The number of nitrogens with zero attached hydrogens (tertiary/aromatic N) is 1. The van der Waals surface area contributed by atoms with E-state index >= 15 is 0 Å². The van der Waals surface area contributed by atoms with Gasteiger partial charge in [0.15, 0.2) is 11.6 Å². The number of ether oxygens (including phenoxy) is 1. The molecule has 2 nitrogen and oxygen atoms in total. The highest BCUT2D eigenvalue weighted by atomic mass is 35.5. The van der Waals surface area contributed by atoms with E-state index in [-0.39, 0.29) is 11.6 Å². The average Bonchev–Trinajstić information content (AvgIpc) is 2.33. The summed E-state index contributed by atoms with van der Waals surface area (Å²) in [7, 11) is 0. The number of aromatic nitrogens is 1. The van der Waals surface area contributed by atoms with E-state index in [1.165, 1.54) is 6.07 Å². The minimum absolute atomic E-state index is 0.183. The minimum Gasteiger partial charge on any atom is -0.439 e. The summed E-state index contributed by atoms with van der Waals surface area (Å²) in [4.78, 5) is 4.23. The molecule has 1 aromatic heterocycles. The largest absolute Gasteiger partial charge is 0.439 e. The number of halogens is 3. The van der Waals surface area contributed by atoms with Crippen LogP contribution in [0.3, 0.4) is 0 Å². The second kappa shape index (κ2) is 5.53. The van der Waals surface area contributed by atoms with Gasteiger partial charge in [-0.2, -0.15) is 0 Å². The first-order chi connectivity index (χ1) is 9.01. The molecule has 2 aromatic rings. The van der Waals surface area contributed by atoms with Gasteiger partial charge in [0.25, 0.3) is 0 Å². The average molecular weight is 284 g/mol. The lowest BCUT2D eigenvalue weighted by Gasteiger charge is -2.12. The van der Waals surface area contributed by atoms with E-state index in [4.69, 9.17) is 16.3 Å². The first-order valence-corrected chi connectivity index (χ1v) is 6.20. The van der Waals surface area contributed by atoms with Crippen molar-refractivity contribution in [2.45, 2.75) is 19.7 Å². The second-order valence-corrected chi connectivity index (χ2v) is 4.44. The quantitative estimate of drug-likeness (QED) is 0.773. The van der Waals surface area contributed by atoms with Gasteiger partial charge in [-0.15, -0.1) is 11.6 Å². The molecule has 100 valence electrons. The van der Waals surface area contributed by atoms with Crippen molar-refractivity contribution < 1.29 is 13.5 Å². The van der Waals surface area contributed by atoms with Crippen LogP contribution >= 0.6 is 11.6 Å². The highest BCUT2D eigenvalue weighted by Crippen LogP contribution is 2.28. The van der Waals surface area contributed by atoms with Crippen molar-refractivity contribution in [3.8, 4) is 11.6 Å². The summed E-state index contributed by atoms with van der Waals surface area (Å²) in [6, 6.07) is 5.21. The maximum Gasteiger partial charge on any atom is 0.224 e. The van der Waals surface area contributed by atoms with E-state index in [2.05, 4.69) is 4.98 Å². The minimum atomic E-state index is -0.964. The first-order valence-electron chi connectivity index (χ1n) is 5.67. The van der Waals surface area contributed by atoms with E-state index in [0.29, 0.717) is 5.88 Å². The molecule has 0 aliphatic heterocycles. The highest BCUT2D eigenvalue weighted by Gasteiger charge is 2.11. The molecule has 0 fully saturated rings. The van der Waals surface area contributed by atoms with Gasteiger partial charge < -0.3 is 4.74 Å². The third kappa shape index (κ3) is 3.01. The molecule has 2 rings (SSSR count). The zero-order valence-corrected chi connectivity index (χ0v) is 11.3. The van der Waals surface area contributed by atoms with Crippen LogP contribution < -0.4 is 4.74 Å². The number of benzene rings is 1. The monoisotopic (exact) mass is 283 g/mol. The molecule has 0 spiro atoms. The highest BCUT2D eigenvalue weighted by molar-refractivity contribution is 6.17. The van der Waals surface area contributed by atoms with Crippen LogP contribution in [0.5, 0.6) is 11.6 Å². The molecule has 1 heterocycles. The van der Waals surface area contributed by atoms with Gasteiger partial charge in [-0.3, -0.25) is 0 Å². The van der Waals surface area contributed by atoms with E-state index < -0.39 is 11.6 Å². The van der Waals surface area contributed by atoms with Gasteiger partial charge in [-0.05, 0) is 37.6 Å². The van der Waals surface area contributed by atoms with Crippen molar-refractivity contribution >= 4 is 11.6 Å². The van der Waals surface area contributed by atoms with Crippen LogP contribution in [0, 0.1) is 25.5 Å². The second-order valence-electron chi connectivity index (χ2n) is 4.18. The van der Waals surface area contributed by atoms with Crippen LogP contribution in [0.15, 0.2) is 24.3 Å². The summed E-state index contributed by atoms with van der Waals surface area (Å²) in [6.07, 6.45) is 0. The normalized spacial score (nSPS) is 10.6. The molecule has 0 amide bonds. The zero-order chi connectivity index (χ0) is 14.0. The van der Waals surface area contributed by atoms with Crippen LogP contribution in [0.2, 0.25) is 0 Å². The Labute approximate surface area is 115 Å². The number of hydrogen-bond acceptors (Lipinski definition) is 2. The molecule has 0 unspecified atom stereocenters. The van der Waals surface area contributed by atoms with Gasteiger partial charge in [-0.25, -0.2) is 13.8 Å². The van der Waals surface area contributed by atoms with Crippen molar-refractivity contribution in [2.24, 2.45) is 0 Å². The number of alkyl halides is 1. The molecular weight excluding hydrogens is 272 g/mol. The number of pyridine rings is 1. The molecule has 0 N–H and O–H groups in total. The SMILES string of the molecule is Cc1cc(C)c(CCl)c(Oc2ccc(F)c(F)c2)n1. The fraction of sp³-hybridized carbons (Fsp3) is 0.214. The zero-order valence-electron chi connectivity index (χ0n) is 10.5. The molecule has 0 bridgehead atoms. The number of hydrogen-bond donors (Lipinski definition) is 0. The number of aryl methyl sites for hydroxylation is 2. The van der Waals surface area contributed by atoms with E-state index in [0.717, 1.165) is 29.0 Å². The summed E-state index contributed by atoms with van der Waals surface area (Å²) < 4.78 is 31.5. The Balaban J connectivity index is 2.39. The lowest BCUT2D eigenvalue weighted by molar-refractivity contribution is 0.442. The Kier molecular flexibility index (Phi) is 4.00. The topological polar surface area (TPSA) is 22.1 Å². The molecule has 0 atom stereocenters. The maximum atomic E-state index is 13.1. The van der Waals surface area contributed by atoms with Crippen molar-refractivity contribution in [3.63, 3.8) is 0 Å². The Morgan fingerprint density at radius 1 is 1.16 bits per heavy atom. The molecule has 0 radical (unpaired) electrons. The Bertz CT molecular complexity index is 617. The van der Waals surface area contributed by atoms with E-state index in [9.17, 15) is 8.78 Å². The standard InChI is InChI=1S/C14H12ClF2NO/c1-8-5-9(2)18-14(11(8)7-15)19-10-3-4-12(16)13(17)6-10/h3-6H,7H2,1-2H3. The molecular formula is C14H12ClF2NO. The third-order valence-corrected chi connectivity index (χ3v) is 2.94. The molecule has 0 aliphatic rings. The predicted molar refractivity (Wildman–Crippen MR) is 69.7 cm³/mol. The Hall–Kier alpha value is -1.68. The van der Waals surface area contributed by atoms with Gasteiger partial charge in [0.05, 0.1) is 5.88 Å². The molecule has 5 heteroatoms. The molecule has 1 aromatic carbocycles. The van der Waals surface area contributed by atoms with E-state index in [1.54, 1.807) is 0 Å². The summed E-state index contributed by atoms with van der Waals surface area (Å²) in [6.45, 7) is 3.72. The molecule has 19 heavy (non-hydrogen) atoms. The van der Waals surface area contributed by atoms with Gasteiger partial charge in [0.1, 0.15) is 5.75 Å². The van der Waals surface area contributed by atoms with Crippen LogP contribution in [0.1, 0.15) is 16.8 Å². The first kappa shape index (κ1) is 13.7. The fourth-order valence-electron chi connectivity index (χ4n) is 1.73. The van der Waals surface area contributed by atoms with Crippen molar-refractivity contribution in [1.29, 1.82) is 0 Å². The van der Waals surface area contributed by atoms with Gasteiger partial charge in [0, 0.05) is 17.3 Å². The number of rotatable bonds is 3. The third-order valence-electron chi connectivity index (χ3n) is 2.68. The van der Waals surface area contributed by atoms with E-state index in [1.807, 2.05) is 19.9 Å². The fourth-order valence-corrected chi connectivity index (χ4v) is 2.05. The van der Waals surface area contributed by atoms with Crippen LogP contribution in [-0.4, -0.2) is 4.98 Å². The van der Waals surface area contributed by atoms with Crippen molar-refractivity contribution in [2.75, 3.05) is 0 Å². The van der Waals surface area contributed by atoms with Gasteiger partial charge >= 0.3 is 0 Å². The van der Waals surface area contributed by atoms with Crippen molar-refractivity contribution in [1.82, 2.24) is 4.98 Å². The van der Waals surface area contributed by atoms with Crippen LogP contribution in [-0.2, 0) is 5.88 Å². The van der Waals surface area contributed by atoms with Crippen LogP contribution in [0.25, 0.3) is 0 Å². The summed E-state index contributed by atoms with van der Waals surface area (Å²) >= 11 is 5.86. The van der Waals surface area contributed by atoms with Crippen molar-refractivity contribution in [3.05, 3.63) is 52.7 Å². The molecule has 0 aliphatic carbocycles. The summed E-state index contributed by atoms with van der Waals surface area (Å²) in [5.41, 5.74) is 2.45. The predicted octanol–water partition coefficient (Wildman–Crippen LogP) is 4.51. The molecule has 0 saturated carbocycles. The lowest BCUT2D eigenvalue weighted by Crippen LogP contribution is -1.98. The Morgan fingerprint density at radius 2 is 1.89 bits per heavy atom. The van der Waals surface area contributed by atoms with Gasteiger partial charge in [0.2, 0.25) is 5.88 Å². The smallest absolute Gasteiger partial charge is 0.224 e. The lowest BCUT2D eigenvalue weighted by atomic mass is 10.1. The molecule has 0 saturated heterocycles. The van der Waals surface area contributed by atoms with Crippen LogP contribution in [0.4, 0.5) is 8.78 Å². The maximum absolute atomic E-state index is 13.1.